The monoisotopic (exact) mass is 313 g/mol. The number of thioether (sulfide) groups is 1. The second-order valence-corrected chi connectivity index (χ2v) is 6.45. The Balaban J connectivity index is 2.43. The lowest BCUT2D eigenvalue weighted by Gasteiger charge is -2.28. The molecule has 0 amide bonds. The van der Waals surface area contributed by atoms with E-state index in [0.717, 1.165) is 36.5 Å². The van der Waals surface area contributed by atoms with Crippen LogP contribution < -0.4 is 5.32 Å². The molecule has 1 aromatic rings. The number of esters is 1. The van der Waals surface area contributed by atoms with E-state index < -0.39 is 5.54 Å². The number of hydrogen-bond acceptors (Lipinski definition) is 5. The quantitative estimate of drug-likeness (QED) is 0.409. The van der Waals surface area contributed by atoms with Crippen LogP contribution in [0.2, 0.25) is 0 Å². The molecule has 0 aliphatic heterocycles. The molecule has 0 spiro atoms. The molecular formula is C15H27N3O2S. The summed E-state index contributed by atoms with van der Waals surface area (Å²) in [6.07, 6.45) is 6.60. The Morgan fingerprint density at radius 3 is 2.86 bits per heavy atom. The summed E-state index contributed by atoms with van der Waals surface area (Å²) in [6.45, 7) is 7.13. The van der Waals surface area contributed by atoms with E-state index in [0.29, 0.717) is 6.61 Å². The number of hydrogen-bond donors (Lipinski definition) is 1. The fraction of sp³-hybridized carbons (Fsp3) is 0.733. The van der Waals surface area contributed by atoms with E-state index in [9.17, 15) is 4.79 Å². The van der Waals surface area contributed by atoms with E-state index in [4.69, 9.17) is 4.74 Å². The van der Waals surface area contributed by atoms with Crippen LogP contribution in [0.15, 0.2) is 17.3 Å². The van der Waals surface area contributed by atoms with Gasteiger partial charge in [-0.05, 0) is 45.4 Å². The van der Waals surface area contributed by atoms with Crippen molar-refractivity contribution in [1.82, 2.24) is 15.1 Å². The van der Waals surface area contributed by atoms with Crippen molar-refractivity contribution in [1.29, 1.82) is 0 Å². The van der Waals surface area contributed by atoms with Crippen LogP contribution in [0.1, 0.15) is 40.0 Å². The summed E-state index contributed by atoms with van der Waals surface area (Å²) in [4.78, 5) is 13.3. The van der Waals surface area contributed by atoms with Crippen molar-refractivity contribution in [2.24, 2.45) is 7.05 Å². The van der Waals surface area contributed by atoms with Crippen molar-refractivity contribution in [2.75, 3.05) is 18.9 Å². The first kappa shape index (κ1) is 18.0. The molecule has 5 nitrogen and oxygen atoms in total. The molecule has 1 atom stereocenters. The van der Waals surface area contributed by atoms with Gasteiger partial charge in [-0.2, -0.15) is 5.10 Å². The lowest BCUT2D eigenvalue weighted by molar-refractivity contribution is -0.150. The minimum Gasteiger partial charge on any atom is -0.465 e. The highest BCUT2D eigenvalue weighted by atomic mass is 32.2. The molecule has 0 aliphatic rings. The SMILES string of the molecule is CCCNC(C)(CCCSc1cnn(C)c1)C(=O)OCC. The number of carbonyl (C=O) groups excluding carboxylic acids is 1. The highest BCUT2D eigenvalue weighted by Crippen LogP contribution is 2.21. The number of nitrogens with zero attached hydrogens (tertiary/aromatic N) is 2. The Kier molecular flexibility index (Phi) is 7.82. The zero-order valence-electron chi connectivity index (χ0n) is 13.5. The Bertz CT molecular complexity index is 436. The second-order valence-electron chi connectivity index (χ2n) is 5.28. The van der Waals surface area contributed by atoms with E-state index in [-0.39, 0.29) is 5.97 Å². The molecule has 1 heterocycles. The molecule has 0 radical (unpaired) electrons. The molecule has 6 heteroatoms. The van der Waals surface area contributed by atoms with Crippen molar-refractivity contribution < 1.29 is 9.53 Å². The lowest BCUT2D eigenvalue weighted by Crippen LogP contribution is -2.50. The molecule has 0 fully saturated rings. The van der Waals surface area contributed by atoms with E-state index in [1.54, 1.807) is 16.4 Å². The van der Waals surface area contributed by atoms with Crippen LogP contribution in [0.25, 0.3) is 0 Å². The summed E-state index contributed by atoms with van der Waals surface area (Å²) in [6, 6.07) is 0. The Hall–Kier alpha value is -1.01. The summed E-state index contributed by atoms with van der Waals surface area (Å²) in [5.74, 6) is 0.818. The molecular weight excluding hydrogens is 286 g/mol. The van der Waals surface area contributed by atoms with Crippen LogP contribution >= 0.6 is 11.8 Å². The van der Waals surface area contributed by atoms with Gasteiger partial charge in [0.1, 0.15) is 5.54 Å². The average molecular weight is 313 g/mol. The molecule has 0 aromatic carbocycles. The summed E-state index contributed by atoms with van der Waals surface area (Å²) >= 11 is 1.77. The smallest absolute Gasteiger partial charge is 0.326 e. The van der Waals surface area contributed by atoms with Crippen LogP contribution in [0.3, 0.4) is 0 Å². The topological polar surface area (TPSA) is 56.2 Å². The number of aryl methyl sites for hydroxylation is 1. The van der Waals surface area contributed by atoms with Gasteiger partial charge in [-0.25, -0.2) is 0 Å². The van der Waals surface area contributed by atoms with Crippen LogP contribution in [-0.4, -0.2) is 40.2 Å². The van der Waals surface area contributed by atoms with Gasteiger partial charge in [0.25, 0.3) is 0 Å². The van der Waals surface area contributed by atoms with Crippen molar-refractivity contribution in [2.45, 2.75) is 50.5 Å². The van der Waals surface area contributed by atoms with Gasteiger partial charge < -0.3 is 10.1 Å². The number of ether oxygens (including phenoxy) is 1. The van der Waals surface area contributed by atoms with Gasteiger partial charge in [-0.1, -0.05) is 6.92 Å². The number of nitrogens with one attached hydrogen (secondary N) is 1. The van der Waals surface area contributed by atoms with Crippen molar-refractivity contribution in [3.8, 4) is 0 Å². The normalized spacial score (nSPS) is 13.9. The van der Waals surface area contributed by atoms with E-state index in [2.05, 4.69) is 17.3 Å². The first-order chi connectivity index (χ1) is 10.0. The zero-order chi connectivity index (χ0) is 15.7. The maximum Gasteiger partial charge on any atom is 0.326 e. The van der Waals surface area contributed by atoms with E-state index in [1.165, 1.54) is 0 Å². The minimum absolute atomic E-state index is 0.148. The second kappa shape index (κ2) is 9.10. The van der Waals surface area contributed by atoms with Crippen molar-refractivity contribution >= 4 is 17.7 Å². The van der Waals surface area contributed by atoms with Crippen molar-refractivity contribution in [3.05, 3.63) is 12.4 Å². The molecule has 120 valence electrons. The fourth-order valence-electron chi connectivity index (χ4n) is 2.04. The molecule has 0 saturated carbocycles. The number of carbonyl (C=O) groups is 1. The predicted molar refractivity (Wildman–Crippen MR) is 86.5 cm³/mol. The van der Waals surface area contributed by atoms with Gasteiger partial charge in [-0.3, -0.25) is 9.48 Å². The van der Waals surface area contributed by atoms with Crippen LogP contribution in [0.4, 0.5) is 0 Å². The average Bonchev–Trinajstić information content (AvgIpc) is 2.87. The molecule has 21 heavy (non-hydrogen) atoms. The minimum atomic E-state index is -0.582. The van der Waals surface area contributed by atoms with Gasteiger partial charge in [0.05, 0.1) is 12.8 Å². The van der Waals surface area contributed by atoms with Crippen molar-refractivity contribution in [3.63, 3.8) is 0 Å². The summed E-state index contributed by atoms with van der Waals surface area (Å²) < 4.78 is 7.00. The number of aromatic nitrogens is 2. The molecule has 0 saturated heterocycles. The highest BCUT2D eigenvalue weighted by molar-refractivity contribution is 7.99. The predicted octanol–water partition coefficient (Wildman–Crippen LogP) is 2.61. The van der Waals surface area contributed by atoms with Gasteiger partial charge in [0.15, 0.2) is 0 Å². The van der Waals surface area contributed by atoms with Crippen LogP contribution in [0.5, 0.6) is 0 Å². The third-order valence-corrected chi connectivity index (χ3v) is 4.30. The lowest BCUT2D eigenvalue weighted by atomic mass is 9.96. The maximum absolute atomic E-state index is 12.1. The Labute approximate surface area is 131 Å². The fourth-order valence-corrected chi connectivity index (χ4v) is 2.92. The highest BCUT2D eigenvalue weighted by Gasteiger charge is 2.33. The Morgan fingerprint density at radius 1 is 1.52 bits per heavy atom. The molecule has 1 N–H and O–H groups in total. The molecule has 0 bridgehead atoms. The van der Waals surface area contributed by atoms with Gasteiger partial charge in [0.2, 0.25) is 0 Å². The van der Waals surface area contributed by atoms with Crippen LogP contribution in [0, 0.1) is 0 Å². The molecule has 1 aromatic heterocycles. The molecule has 1 unspecified atom stereocenters. The summed E-state index contributed by atoms with van der Waals surface area (Å²) in [7, 11) is 1.91. The molecule has 1 rings (SSSR count). The first-order valence-corrected chi connectivity index (χ1v) is 8.54. The van der Waals surface area contributed by atoms with Gasteiger partial charge in [0, 0.05) is 18.1 Å². The van der Waals surface area contributed by atoms with Gasteiger partial charge in [-0.15, -0.1) is 11.8 Å². The van der Waals surface area contributed by atoms with E-state index >= 15 is 0 Å². The standard InChI is InChI=1S/C15H27N3O2S/c1-5-9-16-15(3,14(19)20-6-2)8-7-10-21-13-11-17-18(4)12-13/h11-12,16H,5-10H2,1-4H3. The Morgan fingerprint density at radius 2 is 2.29 bits per heavy atom. The summed E-state index contributed by atoms with van der Waals surface area (Å²) in [5.41, 5.74) is -0.582. The van der Waals surface area contributed by atoms with Gasteiger partial charge >= 0.3 is 5.97 Å². The third-order valence-electron chi connectivity index (χ3n) is 3.26. The molecule has 0 aliphatic carbocycles. The zero-order valence-corrected chi connectivity index (χ0v) is 14.3. The largest absolute Gasteiger partial charge is 0.465 e. The van der Waals surface area contributed by atoms with E-state index in [1.807, 2.05) is 33.3 Å². The van der Waals surface area contributed by atoms with Crippen LogP contribution in [-0.2, 0) is 16.6 Å². The first-order valence-electron chi connectivity index (χ1n) is 7.55. The number of rotatable bonds is 10. The maximum atomic E-state index is 12.1. The third kappa shape index (κ3) is 6.09. The summed E-state index contributed by atoms with van der Waals surface area (Å²) in [5, 5.41) is 7.48.